The molecule has 0 spiro atoms. The molecule has 1 aromatic carbocycles. The maximum atomic E-state index is 13.0. The number of nitrogens with two attached hydrogens (primary N) is 1. The van der Waals surface area contributed by atoms with Crippen molar-refractivity contribution in [2.45, 2.75) is 23.8 Å². The zero-order valence-electron chi connectivity index (χ0n) is 14.4. The summed E-state index contributed by atoms with van der Waals surface area (Å²) in [6.45, 7) is 2.00. The summed E-state index contributed by atoms with van der Waals surface area (Å²) >= 11 is 0. The van der Waals surface area contributed by atoms with Gasteiger partial charge in [-0.3, -0.25) is 0 Å². The molecule has 0 unspecified atom stereocenters. The first kappa shape index (κ1) is 20.4. The fourth-order valence-corrected chi connectivity index (χ4v) is 4.77. The van der Waals surface area contributed by atoms with Crippen molar-refractivity contribution >= 4 is 28.4 Å². The molecule has 1 aromatic heterocycles. The number of hydrogen-bond donors (Lipinski definition) is 1. The van der Waals surface area contributed by atoms with Gasteiger partial charge in [-0.15, -0.1) is 12.4 Å². The van der Waals surface area contributed by atoms with E-state index in [4.69, 9.17) is 10.2 Å². The fourth-order valence-electron chi connectivity index (χ4n) is 3.10. The van der Waals surface area contributed by atoms with Crippen molar-refractivity contribution in [3.63, 3.8) is 0 Å². The monoisotopic (exact) mass is 400 g/mol. The largest absolute Gasteiger partial charge is 0.463 e. The number of carbonyl (C=O) groups is 1. The zero-order chi connectivity index (χ0) is 18.2. The number of ether oxygens (including phenoxy) is 1. The number of benzene rings is 1. The van der Waals surface area contributed by atoms with Crippen molar-refractivity contribution in [1.82, 2.24) is 4.31 Å². The Morgan fingerprint density at radius 1 is 1.27 bits per heavy atom. The molecule has 3 rings (SSSR count). The molecule has 9 heteroatoms. The van der Waals surface area contributed by atoms with E-state index in [9.17, 15) is 13.2 Å². The molecule has 2 N–H and O–H groups in total. The van der Waals surface area contributed by atoms with Crippen LogP contribution in [-0.2, 0) is 14.8 Å². The first-order valence-electron chi connectivity index (χ1n) is 7.84. The number of rotatable bonds is 4. The Labute approximate surface area is 158 Å². The van der Waals surface area contributed by atoms with Crippen LogP contribution in [0.3, 0.4) is 0 Å². The number of halogens is 1. The molecule has 26 heavy (non-hydrogen) atoms. The molecule has 1 fully saturated rings. The normalized spacial score (nSPS) is 20.6. The second-order valence-corrected chi connectivity index (χ2v) is 7.93. The molecule has 0 amide bonds. The van der Waals surface area contributed by atoms with E-state index in [1.807, 2.05) is 30.3 Å². The number of aryl methyl sites for hydroxylation is 1. The van der Waals surface area contributed by atoms with Gasteiger partial charge in [0.1, 0.15) is 10.7 Å². The average Bonchev–Trinajstić information content (AvgIpc) is 3.19. The van der Waals surface area contributed by atoms with E-state index in [0.29, 0.717) is 0 Å². The average molecular weight is 401 g/mol. The number of hydrogen-bond acceptors (Lipinski definition) is 6. The number of nitrogens with zero attached hydrogens (tertiary/aromatic N) is 1. The fraction of sp³-hybridized carbons (Fsp3) is 0.353. The molecule has 1 aliphatic rings. The minimum atomic E-state index is -3.81. The molecule has 0 bridgehead atoms. The summed E-state index contributed by atoms with van der Waals surface area (Å²) in [5.41, 5.74) is 7.19. The van der Waals surface area contributed by atoms with Gasteiger partial charge in [-0.2, -0.15) is 4.31 Å². The van der Waals surface area contributed by atoms with Crippen LogP contribution in [0.25, 0.3) is 0 Å². The van der Waals surface area contributed by atoms with Crippen molar-refractivity contribution in [3.05, 3.63) is 53.5 Å². The maximum Gasteiger partial charge on any atom is 0.373 e. The van der Waals surface area contributed by atoms with Gasteiger partial charge in [0.2, 0.25) is 15.8 Å². The molecular weight excluding hydrogens is 380 g/mol. The lowest BCUT2D eigenvalue weighted by atomic mass is 9.95. The van der Waals surface area contributed by atoms with Crippen molar-refractivity contribution in [2.75, 3.05) is 20.2 Å². The third-order valence-corrected chi connectivity index (χ3v) is 6.38. The SMILES string of the molecule is COC(=O)c1cc(S(=O)(=O)N2C[C@@H](N)[C@H](c3ccccc3)C2)c(C)o1.Cl. The van der Waals surface area contributed by atoms with Crippen molar-refractivity contribution < 1.29 is 22.4 Å². The van der Waals surface area contributed by atoms with Crippen LogP contribution in [0.5, 0.6) is 0 Å². The number of furan rings is 1. The molecular formula is C17H21ClN2O5S. The highest BCUT2D eigenvalue weighted by atomic mass is 35.5. The summed E-state index contributed by atoms with van der Waals surface area (Å²) in [4.78, 5) is 11.5. The minimum absolute atomic E-state index is 0. The van der Waals surface area contributed by atoms with Gasteiger partial charge >= 0.3 is 5.97 Å². The zero-order valence-corrected chi connectivity index (χ0v) is 16.0. The van der Waals surface area contributed by atoms with E-state index in [2.05, 4.69) is 4.74 Å². The lowest BCUT2D eigenvalue weighted by molar-refractivity contribution is 0.0563. The minimum Gasteiger partial charge on any atom is -0.463 e. The van der Waals surface area contributed by atoms with Gasteiger partial charge in [-0.25, -0.2) is 13.2 Å². The van der Waals surface area contributed by atoms with E-state index >= 15 is 0 Å². The first-order valence-corrected chi connectivity index (χ1v) is 9.28. The van der Waals surface area contributed by atoms with Crippen LogP contribution in [0.2, 0.25) is 0 Å². The van der Waals surface area contributed by atoms with Crippen molar-refractivity contribution in [3.8, 4) is 0 Å². The predicted molar refractivity (Wildman–Crippen MR) is 97.9 cm³/mol. The van der Waals surface area contributed by atoms with Crippen molar-refractivity contribution in [1.29, 1.82) is 0 Å². The summed E-state index contributed by atoms with van der Waals surface area (Å²) in [5.74, 6) is -0.785. The molecule has 2 heterocycles. The Bertz CT molecular complexity index is 882. The van der Waals surface area contributed by atoms with Crippen LogP contribution in [0.15, 0.2) is 45.7 Å². The highest BCUT2D eigenvalue weighted by Crippen LogP contribution is 2.32. The lowest BCUT2D eigenvalue weighted by Crippen LogP contribution is -2.32. The van der Waals surface area contributed by atoms with Crippen LogP contribution in [0.1, 0.15) is 27.8 Å². The van der Waals surface area contributed by atoms with E-state index in [1.165, 1.54) is 24.4 Å². The summed E-state index contributed by atoms with van der Waals surface area (Å²) < 4.78 is 37.1. The molecule has 2 atom stereocenters. The summed E-state index contributed by atoms with van der Waals surface area (Å²) in [6.07, 6.45) is 0. The standard InChI is InChI=1S/C17H20N2O5S.ClH/c1-11-16(8-15(24-11)17(20)23-2)25(21,22)19-9-13(14(18)10-19)12-6-4-3-5-7-12;/h3-8,13-14H,9-10,18H2,1-2H3;1H/t13-,14+;/m0./s1. The Morgan fingerprint density at radius 3 is 2.54 bits per heavy atom. The quantitative estimate of drug-likeness (QED) is 0.786. The summed E-state index contributed by atoms with van der Waals surface area (Å²) in [7, 11) is -2.61. The van der Waals surface area contributed by atoms with Gasteiger partial charge in [0.25, 0.3) is 0 Å². The molecule has 1 aliphatic heterocycles. The Balaban J connectivity index is 0.00000243. The second kappa shape index (κ2) is 7.79. The Morgan fingerprint density at radius 2 is 1.92 bits per heavy atom. The highest BCUT2D eigenvalue weighted by molar-refractivity contribution is 7.89. The molecule has 0 radical (unpaired) electrons. The summed E-state index contributed by atoms with van der Waals surface area (Å²) in [6, 6.07) is 10.5. The molecule has 0 saturated carbocycles. The maximum absolute atomic E-state index is 13.0. The third kappa shape index (κ3) is 3.64. The predicted octanol–water partition coefficient (Wildman–Crippen LogP) is 1.91. The second-order valence-electron chi connectivity index (χ2n) is 6.03. The Kier molecular flexibility index (Phi) is 6.13. The molecule has 0 aliphatic carbocycles. The van der Waals surface area contributed by atoms with Crippen LogP contribution >= 0.6 is 12.4 Å². The Hall–Kier alpha value is -1.87. The first-order chi connectivity index (χ1) is 11.8. The van der Waals surface area contributed by atoms with Crippen LogP contribution in [-0.4, -0.2) is 44.9 Å². The van der Waals surface area contributed by atoms with E-state index in [-0.39, 0.29) is 53.9 Å². The molecule has 2 aromatic rings. The van der Waals surface area contributed by atoms with Crippen molar-refractivity contribution in [2.24, 2.45) is 5.73 Å². The third-order valence-electron chi connectivity index (χ3n) is 4.44. The van der Waals surface area contributed by atoms with Gasteiger partial charge in [0.15, 0.2) is 0 Å². The number of sulfonamides is 1. The van der Waals surface area contributed by atoms with E-state index < -0.39 is 16.0 Å². The van der Waals surface area contributed by atoms with Crippen LogP contribution in [0, 0.1) is 6.92 Å². The molecule has 1 saturated heterocycles. The van der Waals surface area contributed by atoms with Crippen LogP contribution < -0.4 is 5.73 Å². The van der Waals surface area contributed by atoms with Gasteiger partial charge in [0.05, 0.1) is 7.11 Å². The highest BCUT2D eigenvalue weighted by Gasteiger charge is 2.40. The topological polar surface area (TPSA) is 103 Å². The van der Waals surface area contributed by atoms with Gasteiger partial charge in [-0.1, -0.05) is 30.3 Å². The molecule has 142 valence electrons. The van der Waals surface area contributed by atoms with Gasteiger partial charge in [0, 0.05) is 31.1 Å². The summed E-state index contributed by atoms with van der Waals surface area (Å²) in [5, 5.41) is 0. The van der Waals surface area contributed by atoms with Gasteiger partial charge < -0.3 is 14.9 Å². The number of carbonyl (C=O) groups excluding carboxylic acids is 1. The smallest absolute Gasteiger partial charge is 0.373 e. The van der Waals surface area contributed by atoms with E-state index in [1.54, 1.807) is 0 Å². The van der Waals surface area contributed by atoms with Crippen LogP contribution in [0.4, 0.5) is 0 Å². The lowest BCUT2D eigenvalue weighted by Gasteiger charge is -2.16. The number of methoxy groups -OCH3 is 1. The van der Waals surface area contributed by atoms with E-state index in [0.717, 1.165) is 5.56 Å². The molecule has 7 nitrogen and oxygen atoms in total. The number of esters is 1. The van der Waals surface area contributed by atoms with Gasteiger partial charge in [-0.05, 0) is 12.5 Å².